The molecule has 2 aliphatic heterocycles. The van der Waals surface area contributed by atoms with Crippen LogP contribution in [0, 0.1) is 0 Å². The van der Waals surface area contributed by atoms with Crippen LogP contribution in [-0.2, 0) is 9.53 Å². The smallest absolute Gasteiger partial charge is 0.410 e. The first-order valence-corrected chi connectivity index (χ1v) is 6.09. The van der Waals surface area contributed by atoms with Crippen LogP contribution in [-0.4, -0.2) is 59.5 Å². The topological polar surface area (TPSA) is 49.9 Å². The predicted octanol–water partition coefficient (Wildman–Crippen LogP) is 0.880. The highest BCUT2D eigenvalue weighted by Gasteiger charge is 2.37. The highest BCUT2D eigenvalue weighted by Crippen LogP contribution is 2.21. The molecule has 0 saturated carbocycles. The molecule has 0 N–H and O–H groups in total. The van der Waals surface area contributed by atoms with Gasteiger partial charge in [-0.2, -0.15) is 0 Å². The molecule has 5 nitrogen and oxygen atoms in total. The summed E-state index contributed by atoms with van der Waals surface area (Å²) in [5, 5.41) is 0. The van der Waals surface area contributed by atoms with Gasteiger partial charge in [0.1, 0.15) is 11.4 Å². The number of hydrogen-bond donors (Lipinski definition) is 0. The molecule has 1 amide bonds. The maximum atomic E-state index is 11.9. The number of fused-ring (bicyclic) bond motifs is 1. The van der Waals surface area contributed by atoms with Crippen LogP contribution in [0.4, 0.5) is 4.79 Å². The van der Waals surface area contributed by atoms with E-state index in [-0.39, 0.29) is 17.9 Å². The maximum Gasteiger partial charge on any atom is 0.410 e. The van der Waals surface area contributed by atoms with Crippen molar-refractivity contribution >= 4 is 11.9 Å². The number of ether oxygens (including phenoxy) is 1. The highest BCUT2D eigenvalue weighted by atomic mass is 16.6. The Morgan fingerprint density at radius 2 is 2.06 bits per heavy atom. The monoisotopic (exact) mass is 240 g/mol. The van der Waals surface area contributed by atoms with E-state index in [0.717, 1.165) is 6.54 Å². The molecule has 2 saturated heterocycles. The van der Waals surface area contributed by atoms with Crippen molar-refractivity contribution < 1.29 is 14.3 Å². The Labute approximate surface area is 102 Å². The van der Waals surface area contributed by atoms with Crippen LogP contribution in [0.5, 0.6) is 0 Å². The van der Waals surface area contributed by atoms with Gasteiger partial charge in [0.25, 0.3) is 0 Å². The molecule has 0 bridgehead atoms. The van der Waals surface area contributed by atoms with Gasteiger partial charge < -0.3 is 9.64 Å². The number of Topliss-reactive ketones (excluding diaryl/α,β-unsaturated/α-hetero) is 1. The predicted molar refractivity (Wildman–Crippen MR) is 62.8 cm³/mol. The van der Waals surface area contributed by atoms with E-state index in [9.17, 15) is 9.59 Å². The zero-order chi connectivity index (χ0) is 12.6. The van der Waals surface area contributed by atoms with Gasteiger partial charge in [-0.15, -0.1) is 0 Å². The van der Waals surface area contributed by atoms with Crippen LogP contribution in [0.1, 0.15) is 27.2 Å². The van der Waals surface area contributed by atoms with Gasteiger partial charge in [-0.3, -0.25) is 9.69 Å². The largest absolute Gasteiger partial charge is 0.444 e. The number of piperazine rings is 1. The molecular formula is C12H20N2O3. The Morgan fingerprint density at radius 3 is 2.71 bits per heavy atom. The van der Waals surface area contributed by atoms with Crippen molar-refractivity contribution in [3.05, 3.63) is 0 Å². The van der Waals surface area contributed by atoms with Gasteiger partial charge in [0.05, 0.1) is 6.54 Å². The summed E-state index contributed by atoms with van der Waals surface area (Å²) < 4.78 is 5.34. The Morgan fingerprint density at radius 1 is 1.35 bits per heavy atom. The third kappa shape index (κ3) is 2.97. The second-order valence-corrected chi connectivity index (χ2v) is 5.79. The molecule has 2 rings (SSSR count). The summed E-state index contributed by atoms with van der Waals surface area (Å²) in [4.78, 5) is 27.1. The van der Waals surface area contributed by atoms with Crippen LogP contribution in [0.2, 0.25) is 0 Å². The Hall–Kier alpha value is -1.10. The average Bonchev–Trinajstić information content (AvgIpc) is 2.53. The van der Waals surface area contributed by atoms with Crippen molar-refractivity contribution in [2.45, 2.75) is 38.8 Å². The normalized spacial score (nSPS) is 25.9. The number of carbonyl (C=O) groups is 2. The number of rotatable bonds is 0. The molecule has 0 aromatic rings. The first-order chi connectivity index (χ1) is 7.85. The van der Waals surface area contributed by atoms with Gasteiger partial charge >= 0.3 is 6.09 Å². The number of nitrogens with zero attached hydrogens (tertiary/aromatic N) is 2. The van der Waals surface area contributed by atoms with Gasteiger partial charge in [-0.05, 0) is 20.8 Å². The summed E-state index contributed by atoms with van der Waals surface area (Å²) in [5.41, 5.74) is -0.459. The van der Waals surface area contributed by atoms with Crippen LogP contribution >= 0.6 is 0 Å². The van der Waals surface area contributed by atoms with Crippen molar-refractivity contribution in [3.63, 3.8) is 0 Å². The molecule has 0 aromatic carbocycles. The fourth-order valence-electron chi connectivity index (χ4n) is 2.34. The van der Waals surface area contributed by atoms with E-state index in [4.69, 9.17) is 4.74 Å². The average molecular weight is 240 g/mol. The van der Waals surface area contributed by atoms with Crippen molar-refractivity contribution in [1.82, 2.24) is 9.80 Å². The van der Waals surface area contributed by atoms with E-state index < -0.39 is 5.60 Å². The first kappa shape index (κ1) is 12.4. The van der Waals surface area contributed by atoms with Gasteiger partial charge in [-0.1, -0.05) is 0 Å². The summed E-state index contributed by atoms with van der Waals surface area (Å²) in [6, 6.07) is 0.198. The number of carbonyl (C=O) groups excluding carboxylic acids is 2. The second kappa shape index (κ2) is 4.29. The lowest BCUT2D eigenvalue weighted by atomic mass is 10.1. The molecule has 0 aliphatic carbocycles. The molecular weight excluding hydrogens is 220 g/mol. The minimum Gasteiger partial charge on any atom is -0.444 e. The lowest BCUT2D eigenvalue weighted by Crippen LogP contribution is -2.53. The van der Waals surface area contributed by atoms with Gasteiger partial charge in [-0.25, -0.2) is 4.79 Å². The zero-order valence-electron chi connectivity index (χ0n) is 10.7. The standard InChI is InChI=1S/C12H20N2O3/c1-12(2,3)17-11(16)14-5-4-13-8-10(15)6-9(13)7-14/h9H,4-8H2,1-3H3. The van der Waals surface area contributed by atoms with E-state index in [0.29, 0.717) is 26.1 Å². The lowest BCUT2D eigenvalue weighted by molar-refractivity contribution is -0.116. The molecule has 17 heavy (non-hydrogen) atoms. The molecule has 5 heteroatoms. The fourth-order valence-corrected chi connectivity index (χ4v) is 2.34. The van der Waals surface area contributed by atoms with Crippen molar-refractivity contribution in [2.75, 3.05) is 26.2 Å². The first-order valence-electron chi connectivity index (χ1n) is 6.09. The Balaban J connectivity index is 1.92. The summed E-state index contributed by atoms with van der Waals surface area (Å²) >= 11 is 0. The Bertz CT molecular complexity index is 335. The van der Waals surface area contributed by atoms with Crippen molar-refractivity contribution in [2.24, 2.45) is 0 Å². The van der Waals surface area contributed by atoms with Crippen LogP contribution in [0.3, 0.4) is 0 Å². The van der Waals surface area contributed by atoms with E-state index in [1.54, 1.807) is 4.90 Å². The fraction of sp³-hybridized carbons (Fsp3) is 0.833. The Kier molecular flexibility index (Phi) is 3.12. The molecule has 96 valence electrons. The van der Waals surface area contributed by atoms with E-state index >= 15 is 0 Å². The quantitative estimate of drug-likeness (QED) is 0.630. The van der Waals surface area contributed by atoms with Gasteiger partial charge in [0.15, 0.2) is 0 Å². The van der Waals surface area contributed by atoms with Crippen LogP contribution in [0.15, 0.2) is 0 Å². The van der Waals surface area contributed by atoms with Gasteiger partial charge in [0, 0.05) is 32.1 Å². The van der Waals surface area contributed by atoms with E-state index in [2.05, 4.69) is 4.90 Å². The number of amides is 1. The van der Waals surface area contributed by atoms with Gasteiger partial charge in [0.2, 0.25) is 0 Å². The minimum atomic E-state index is -0.459. The molecule has 0 radical (unpaired) electrons. The minimum absolute atomic E-state index is 0.198. The summed E-state index contributed by atoms with van der Waals surface area (Å²) in [7, 11) is 0. The molecule has 1 unspecified atom stereocenters. The lowest BCUT2D eigenvalue weighted by Gasteiger charge is -2.37. The highest BCUT2D eigenvalue weighted by molar-refractivity contribution is 5.83. The van der Waals surface area contributed by atoms with Crippen molar-refractivity contribution in [1.29, 1.82) is 0 Å². The zero-order valence-corrected chi connectivity index (χ0v) is 10.7. The number of hydrogen-bond acceptors (Lipinski definition) is 4. The molecule has 0 spiro atoms. The molecule has 2 fully saturated rings. The van der Waals surface area contributed by atoms with E-state index in [1.807, 2.05) is 20.8 Å². The van der Waals surface area contributed by atoms with Crippen LogP contribution < -0.4 is 0 Å². The third-order valence-electron chi connectivity index (χ3n) is 3.10. The summed E-state index contributed by atoms with van der Waals surface area (Å²) in [6.07, 6.45) is 0.302. The maximum absolute atomic E-state index is 11.9. The SMILES string of the molecule is CC(C)(C)OC(=O)N1CCN2CC(=O)CC2C1. The van der Waals surface area contributed by atoms with E-state index in [1.165, 1.54) is 0 Å². The third-order valence-corrected chi connectivity index (χ3v) is 3.10. The van der Waals surface area contributed by atoms with Crippen LogP contribution in [0.25, 0.3) is 0 Å². The molecule has 0 aromatic heterocycles. The molecule has 2 heterocycles. The van der Waals surface area contributed by atoms with Crippen molar-refractivity contribution in [3.8, 4) is 0 Å². The summed E-state index contributed by atoms with van der Waals surface area (Å²) in [5.74, 6) is 0.279. The number of ketones is 1. The second-order valence-electron chi connectivity index (χ2n) is 5.79. The molecule has 1 atom stereocenters. The molecule has 2 aliphatic rings. The summed E-state index contributed by atoms with van der Waals surface area (Å²) in [6.45, 7) is 8.17.